The number of nitrogens with two attached hydrogens (primary N) is 1. The van der Waals surface area contributed by atoms with Crippen LogP contribution in [0.5, 0.6) is 5.88 Å². The van der Waals surface area contributed by atoms with E-state index in [2.05, 4.69) is 9.97 Å². The molecule has 0 saturated heterocycles. The van der Waals surface area contributed by atoms with Crippen molar-refractivity contribution in [2.45, 2.75) is 6.61 Å². The van der Waals surface area contributed by atoms with Gasteiger partial charge in [-0.05, 0) is 29.8 Å². The number of anilines is 1. The number of nitrogen functional groups attached to an aromatic ring is 1. The van der Waals surface area contributed by atoms with E-state index in [0.29, 0.717) is 11.4 Å². The predicted octanol–water partition coefficient (Wildman–Crippen LogP) is 4.32. The third kappa shape index (κ3) is 3.58. The molecule has 0 bridgehead atoms. The summed E-state index contributed by atoms with van der Waals surface area (Å²) in [6.07, 6.45) is 4.88. The van der Waals surface area contributed by atoms with E-state index in [1.165, 1.54) is 23.5 Å². The molecule has 8 heteroatoms. The molecule has 7 nitrogen and oxygen atoms in total. The standard InChI is InChI=1S/C20H15N3O4S/c21-17-15(14-5-7-26-11-14)9-16(19-22-6-8-28-19)23-18(17)27-10-12-1-3-13(4-2-12)20(24)25/h1-9,11H,10,21H2,(H,24,25). The molecule has 0 spiro atoms. The molecular weight excluding hydrogens is 378 g/mol. The number of pyridine rings is 1. The molecule has 3 aromatic heterocycles. The molecule has 0 fully saturated rings. The zero-order valence-electron chi connectivity index (χ0n) is 14.5. The van der Waals surface area contributed by atoms with Crippen LogP contribution < -0.4 is 10.5 Å². The third-order valence-electron chi connectivity index (χ3n) is 4.08. The van der Waals surface area contributed by atoms with Crippen molar-refractivity contribution in [2.75, 3.05) is 5.73 Å². The molecule has 4 rings (SSSR count). The number of carboxylic acid groups (broad SMARTS) is 1. The van der Waals surface area contributed by atoms with Gasteiger partial charge in [0.15, 0.2) is 0 Å². The minimum Gasteiger partial charge on any atom is -0.478 e. The SMILES string of the molecule is Nc1c(-c2ccoc2)cc(-c2nccs2)nc1OCc1ccc(C(=O)O)cc1. The van der Waals surface area contributed by atoms with Crippen LogP contribution in [0.2, 0.25) is 0 Å². The third-order valence-corrected chi connectivity index (χ3v) is 4.88. The van der Waals surface area contributed by atoms with Crippen molar-refractivity contribution in [3.8, 4) is 27.7 Å². The lowest BCUT2D eigenvalue weighted by Crippen LogP contribution is -2.04. The molecule has 140 valence electrons. The summed E-state index contributed by atoms with van der Waals surface area (Å²) in [5.74, 6) is -0.689. The molecule has 3 heterocycles. The van der Waals surface area contributed by atoms with Crippen molar-refractivity contribution < 1.29 is 19.1 Å². The fourth-order valence-corrected chi connectivity index (χ4v) is 3.25. The Morgan fingerprint density at radius 2 is 2.07 bits per heavy atom. The molecule has 0 aliphatic carbocycles. The average Bonchev–Trinajstić information content (AvgIpc) is 3.41. The summed E-state index contributed by atoms with van der Waals surface area (Å²) < 4.78 is 11.0. The molecule has 0 aliphatic heterocycles. The Morgan fingerprint density at radius 3 is 2.71 bits per heavy atom. The number of hydrogen-bond acceptors (Lipinski definition) is 7. The number of hydrogen-bond donors (Lipinski definition) is 2. The van der Waals surface area contributed by atoms with Crippen LogP contribution in [0.3, 0.4) is 0 Å². The topological polar surface area (TPSA) is 111 Å². The number of carbonyl (C=O) groups is 1. The molecule has 0 atom stereocenters. The summed E-state index contributed by atoms with van der Waals surface area (Å²) in [5.41, 5.74) is 9.92. The van der Waals surface area contributed by atoms with Crippen LogP contribution in [0, 0.1) is 0 Å². The van der Waals surface area contributed by atoms with Gasteiger partial charge >= 0.3 is 5.97 Å². The first-order valence-electron chi connectivity index (χ1n) is 8.30. The summed E-state index contributed by atoms with van der Waals surface area (Å²) in [4.78, 5) is 19.8. The Morgan fingerprint density at radius 1 is 1.25 bits per heavy atom. The zero-order valence-corrected chi connectivity index (χ0v) is 15.3. The van der Waals surface area contributed by atoms with Gasteiger partial charge in [-0.15, -0.1) is 11.3 Å². The highest BCUT2D eigenvalue weighted by atomic mass is 32.1. The average molecular weight is 393 g/mol. The number of furan rings is 1. The van der Waals surface area contributed by atoms with Crippen LogP contribution in [0.25, 0.3) is 21.8 Å². The smallest absolute Gasteiger partial charge is 0.335 e. The molecule has 0 saturated carbocycles. The number of nitrogens with zero attached hydrogens (tertiary/aromatic N) is 2. The van der Waals surface area contributed by atoms with E-state index in [4.69, 9.17) is 20.0 Å². The van der Waals surface area contributed by atoms with Crippen molar-refractivity contribution in [1.29, 1.82) is 0 Å². The van der Waals surface area contributed by atoms with Crippen LogP contribution in [0.4, 0.5) is 5.69 Å². The fraction of sp³-hybridized carbons (Fsp3) is 0.0500. The van der Waals surface area contributed by atoms with Gasteiger partial charge in [0.25, 0.3) is 0 Å². The minimum absolute atomic E-state index is 0.198. The lowest BCUT2D eigenvalue weighted by molar-refractivity contribution is 0.0697. The normalized spacial score (nSPS) is 10.7. The quantitative estimate of drug-likeness (QED) is 0.501. The predicted molar refractivity (Wildman–Crippen MR) is 105 cm³/mol. The molecule has 0 radical (unpaired) electrons. The number of ether oxygens (including phenoxy) is 1. The van der Waals surface area contributed by atoms with Gasteiger partial charge in [-0.2, -0.15) is 0 Å². The van der Waals surface area contributed by atoms with Crippen LogP contribution in [0.15, 0.2) is 64.9 Å². The first-order valence-corrected chi connectivity index (χ1v) is 9.18. The highest BCUT2D eigenvalue weighted by Crippen LogP contribution is 2.36. The molecule has 0 aliphatic rings. The molecule has 3 N–H and O–H groups in total. The Balaban J connectivity index is 1.66. The van der Waals surface area contributed by atoms with E-state index in [9.17, 15) is 4.79 Å². The van der Waals surface area contributed by atoms with E-state index in [1.54, 1.807) is 30.9 Å². The van der Waals surface area contributed by atoms with E-state index in [0.717, 1.165) is 21.7 Å². The summed E-state index contributed by atoms with van der Waals surface area (Å²) >= 11 is 1.47. The molecule has 28 heavy (non-hydrogen) atoms. The number of aromatic nitrogens is 2. The van der Waals surface area contributed by atoms with Crippen LogP contribution in [0.1, 0.15) is 15.9 Å². The second kappa shape index (κ2) is 7.53. The molecule has 1 aromatic carbocycles. The highest BCUT2D eigenvalue weighted by molar-refractivity contribution is 7.13. The molecular formula is C20H15N3O4S. The maximum Gasteiger partial charge on any atom is 0.335 e. The van der Waals surface area contributed by atoms with E-state index < -0.39 is 5.97 Å². The van der Waals surface area contributed by atoms with Crippen LogP contribution in [-0.2, 0) is 6.61 Å². The second-order valence-corrected chi connectivity index (χ2v) is 6.81. The summed E-state index contributed by atoms with van der Waals surface area (Å²) in [6.45, 7) is 0.198. The Kier molecular flexibility index (Phi) is 4.77. The summed E-state index contributed by atoms with van der Waals surface area (Å²) in [5, 5.41) is 11.6. The van der Waals surface area contributed by atoms with Crippen molar-refractivity contribution >= 4 is 23.0 Å². The van der Waals surface area contributed by atoms with Gasteiger partial charge in [0, 0.05) is 22.7 Å². The van der Waals surface area contributed by atoms with E-state index >= 15 is 0 Å². The molecule has 4 aromatic rings. The Bertz CT molecular complexity index is 1090. The monoisotopic (exact) mass is 393 g/mol. The Labute approximate surface area is 164 Å². The second-order valence-electron chi connectivity index (χ2n) is 5.91. The number of carboxylic acids is 1. The summed E-state index contributed by atoms with van der Waals surface area (Å²) in [7, 11) is 0. The number of thiazole rings is 1. The maximum absolute atomic E-state index is 11.0. The Hall–Kier alpha value is -3.65. The van der Waals surface area contributed by atoms with Gasteiger partial charge < -0.3 is 20.0 Å². The number of benzene rings is 1. The first kappa shape index (κ1) is 17.7. The van der Waals surface area contributed by atoms with Gasteiger partial charge in [-0.25, -0.2) is 14.8 Å². The lowest BCUT2D eigenvalue weighted by Gasteiger charge is -2.13. The van der Waals surface area contributed by atoms with Crippen molar-refractivity contribution in [3.05, 3.63) is 71.6 Å². The van der Waals surface area contributed by atoms with Gasteiger partial charge in [0.2, 0.25) is 5.88 Å². The number of aromatic carboxylic acids is 1. The van der Waals surface area contributed by atoms with Crippen molar-refractivity contribution in [2.24, 2.45) is 0 Å². The van der Waals surface area contributed by atoms with Gasteiger partial charge in [-0.3, -0.25) is 0 Å². The van der Waals surface area contributed by atoms with Gasteiger partial charge in [-0.1, -0.05) is 12.1 Å². The summed E-state index contributed by atoms with van der Waals surface area (Å²) in [6, 6.07) is 10.1. The highest BCUT2D eigenvalue weighted by Gasteiger charge is 2.16. The van der Waals surface area contributed by atoms with E-state index in [1.807, 2.05) is 17.5 Å². The van der Waals surface area contributed by atoms with Crippen molar-refractivity contribution in [3.63, 3.8) is 0 Å². The fourth-order valence-electron chi connectivity index (χ4n) is 2.65. The zero-order chi connectivity index (χ0) is 19.5. The van der Waals surface area contributed by atoms with E-state index in [-0.39, 0.29) is 18.1 Å². The van der Waals surface area contributed by atoms with Gasteiger partial charge in [0.05, 0.1) is 18.1 Å². The van der Waals surface area contributed by atoms with Crippen LogP contribution in [-0.4, -0.2) is 21.0 Å². The maximum atomic E-state index is 11.0. The van der Waals surface area contributed by atoms with Crippen molar-refractivity contribution in [1.82, 2.24) is 9.97 Å². The minimum atomic E-state index is -0.973. The van der Waals surface area contributed by atoms with Gasteiger partial charge in [0.1, 0.15) is 23.0 Å². The molecule has 0 unspecified atom stereocenters. The largest absolute Gasteiger partial charge is 0.478 e. The van der Waals surface area contributed by atoms with Crippen LogP contribution >= 0.6 is 11.3 Å². The molecule has 0 amide bonds. The first-order chi connectivity index (χ1) is 13.6. The number of rotatable bonds is 6. The lowest BCUT2D eigenvalue weighted by atomic mass is 10.1.